The summed E-state index contributed by atoms with van der Waals surface area (Å²) < 4.78 is 13.0. The van der Waals surface area contributed by atoms with Crippen LogP contribution in [0, 0.1) is 17.1 Å². The maximum absolute atomic E-state index is 13.0. The van der Waals surface area contributed by atoms with Gasteiger partial charge in [0.25, 0.3) is 0 Å². The second-order valence-corrected chi connectivity index (χ2v) is 6.35. The minimum absolute atomic E-state index is 0.0259. The summed E-state index contributed by atoms with van der Waals surface area (Å²) in [5, 5.41) is 14.8. The fraction of sp³-hybridized carbons (Fsp3) is 0.0500. The van der Waals surface area contributed by atoms with Crippen LogP contribution in [0.5, 0.6) is 0 Å². The van der Waals surface area contributed by atoms with Gasteiger partial charge in [-0.15, -0.1) is 11.3 Å². The molecule has 0 saturated carbocycles. The van der Waals surface area contributed by atoms with Crippen LogP contribution >= 0.6 is 11.3 Å². The third-order valence-electron chi connectivity index (χ3n) is 3.65. The van der Waals surface area contributed by atoms with Gasteiger partial charge in [-0.2, -0.15) is 5.26 Å². The molecule has 0 fully saturated rings. The topological polar surface area (TPSA) is 65.8 Å². The van der Waals surface area contributed by atoms with Crippen LogP contribution in [0.25, 0.3) is 16.8 Å². The molecule has 0 unspecified atom stereocenters. The van der Waals surface area contributed by atoms with Gasteiger partial charge in [-0.1, -0.05) is 12.1 Å². The highest BCUT2D eigenvalue weighted by Gasteiger charge is 2.09. The van der Waals surface area contributed by atoms with Crippen molar-refractivity contribution in [2.45, 2.75) is 6.92 Å². The van der Waals surface area contributed by atoms with Crippen LogP contribution in [-0.4, -0.2) is 10.8 Å². The van der Waals surface area contributed by atoms with Crippen LogP contribution in [0.3, 0.4) is 0 Å². The largest absolute Gasteiger partial charge is 0.360 e. The molecular weight excluding hydrogens is 349 g/mol. The van der Waals surface area contributed by atoms with E-state index in [2.05, 4.69) is 16.4 Å². The lowest BCUT2D eigenvalue weighted by atomic mass is 10.1. The van der Waals surface area contributed by atoms with Crippen molar-refractivity contribution < 1.29 is 9.18 Å². The predicted octanol–water partition coefficient (Wildman–Crippen LogP) is 5.13. The lowest BCUT2D eigenvalue weighted by molar-refractivity contribution is 0.101. The number of anilines is 1. The zero-order chi connectivity index (χ0) is 18.5. The second kappa shape index (κ2) is 7.72. The van der Waals surface area contributed by atoms with E-state index in [1.54, 1.807) is 36.5 Å². The van der Waals surface area contributed by atoms with Crippen molar-refractivity contribution in [2.24, 2.45) is 0 Å². The van der Waals surface area contributed by atoms with Crippen LogP contribution in [0.15, 0.2) is 60.1 Å². The van der Waals surface area contributed by atoms with Gasteiger partial charge in [-0.3, -0.25) is 4.79 Å². The smallest absolute Gasteiger partial charge is 0.159 e. The van der Waals surface area contributed by atoms with Crippen molar-refractivity contribution in [1.29, 1.82) is 5.26 Å². The Balaban J connectivity index is 1.82. The van der Waals surface area contributed by atoms with E-state index in [-0.39, 0.29) is 11.6 Å². The van der Waals surface area contributed by atoms with E-state index in [1.807, 2.05) is 11.4 Å². The molecule has 0 radical (unpaired) electrons. The van der Waals surface area contributed by atoms with Crippen LogP contribution in [0.2, 0.25) is 0 Å². The fourth-order valence-electron chi connectivity index (χ4n) is 2.28. The Morgan fingerprint density at radius 2 is 2.04 bits per heavy atom. The van der Waals surface area contributed by atoms with E-state index >= 15 is 0 Å². The fourth-order valence-corrected chi connectivity index (χ4v) is 3.07. The number of aromatic nitrogens is 1. The van der Waals surface area contributed by atoms with Crippen molar-refractivity contribution in [3.63, 3.8) is 0 Å². The lowest BCUT2D eigenvalue weighted by Crippen LogP contribution is -1.95. The highest BCUT2D eigenvalue weighted by atomic mass is 32.1. The molecule has 0 bridgehead atoms. The van der Waals surface area contributed by atoms with Crippen molar-refractivity contribution in [1.82, 2.24) is 4.98 Å². The Bertz CT molecular complexity index is 1020. The molecule has 2 aromatic carbocycles. The molecule has 0 aliphatic heterocycles. The molecule has 26 heavy (non-hydrogen) atoms. The molecule has 3 aromatic rings. The molecule has 0 saturated heterocycles. The quantitative estimate of drug-likeness (QED) is 0.504. The van der Waals surface area contributed by atoms with Crippen molar-refractivity contribution in [3.8, 4) is 17.3 Å². The summed E-state index contributed by atoms with van der Waals surface area (Å²) in [5.41, 5.74) is 3.14. The number of halogens is 1. The molecule has 0 atom stereocenters. The van der Waals surface area contributed by atoms with Crippen molar-refractivity contribution in [3.05, 3.63) is 76.5 Å². The molecule has 0 aliphatic rings. The van der Waals surface area contributed by atoms with Crippen molar-refractivity contribution >= 4 is 28.4 Å². The van der Waals surface area contributed by atoms with Gasteiger partial charge in [0.1, 0.15) is 22.5 Å². The summed E-state index contributed by atoms with van der Waals surface area (Å²) in [7, 11) is 0. The van der Waals surface area contributed by atoms with Gasteiger partial charge in [0, 0.05) is 28.4 Å². The molecule has 4 nitrogen and oxygen atoms in total. The first-order chi connectivity index (χ1) is 12.6. The van der Waals surface area contributed by atoms with Crippen LogP contribution in [-0.2, 0) is 0 Å². The Kier molecular flexibility index (Phi) is 5.20. The zero-order valence-corrected chi connectivity index (χ0v) is 14.7. The molecule has 3 rings (SSSR count). The van der Waals surface area contributed by atoms with E-state index < -0.39 is 0 Å². The van der Waals surface area contributed by atoms with E-state index in [0.717, 1.165) is 5.56 Å². The number of hydrogen-bond donors (Lipinski definition) is 1. The van der Waals surface area contributed by atoms with E-state index in [0.29, 0.717) is 27.5 Å². The molecule has 1 aromatic heterocycles. The number of hydrogen-bond acceptors (Lipinski definition) is 5. The highest BCUT2D eigenvalue weighted by molar-refractivity contribution is 7.11. The first-order valence-electron chi connectivity index (χ1n) is 7.76. The van der Waals surface area contributed by atoms with Crippen LogP contribution in [0.1, 0.15) is 22.3 Å². The summed E-state index contributed by atoms with van der Waals surface area (Å²) in [5.74, 6) is -0.333. The number of thiazole rings is 1. The minimum atomic E-state index is -0.307. The average molecular weight is 363 g/mol. The number of ketones is 1. The number of carbonyl (C=O) groups is 1. The Morgan fingerprint density at radius 3 is 2.73 bits per heavy atom. The standard InChI is InChI=1S/C20H14FN3OS/c1-13(25)15-3-2-4-18(9-15)23-11-16(10-22)20-24-19(12-26-20)14-5-7-17(21)8-6-14/h2-9,11-12,23H,1H3/b16-11+. The van der Waals surface area contributed by atoms with E-state index in [9.17, 15) is 14.4 Å². The summed E-state index contributed by atoms with van der Waals surface area (Å²) in [6.07, 6.45) is 1.56. The van der Waals surface area contributed by atoms with Gasteiger partial charge in [0.2, 0.25) is 0 Å². The predicted molar refractivity (Wildman–Crippen MR) is 101 cm³/mol. The number of rotatable bonds is 5. The summed E-state index contributed by atoms with van der Waals surface area (Å²) >= 11 is 1.33. The summed E-state index contributed by atoms with van der Waals surface area (Å²) in [6, 6.07) is 15.2. The van der Waals surface area contributed by atoms with Crippen LogP contribution in [0.4, 0.5) is 10.1 Å². The maximum atomic E-state index is 13.0. The number of benzene rings is 2. The Morgan fingerprint density at radius 1 is 1.27 bits per heavy atom. The van der Waals surface area contributed by atoms with Crippen molar-refractivity contribution in [2.75, 3.05) is 5.32 Å². The summed E-state index contributed by atoms with van der Waals surface area (Å²) in [4.78, 5) is 15.9. The normalized spacial score (nSPS) is 11.0. The van der Waals surface area contributed by atoms with Gasteiger partial charge < -0.3 is 5.32 Å². The summed E-state index contributed by atoms with van der Waals surface area (Å²) in [6.45, 7) is 1.50. The second-order valence-electron chi connectivity index (χ2n) is 5.50. The first-order valence-corrected chi connectivity index (χ1v) is 8.64. The van der Waals surface area contributed by atoms with E-state index in [4.69, 9.17) is 0 Å². The maximum Gasteiger partial charge on any atom is 0.159 e. The van der Waals surface area contributed by atoms with Gasteiger partial charge in [-0.05, 0) is 43.3 Å². The number of nitriles is 1. The molecule has 1 heterocycles. The Hall–Kier alpha value is -3.30. The SMILES string of the molecule is CC(=O)c1cccc(N/C=C(\C#N)c2nc(-c3ccc(F)cc3)cs2)c1. The third-order valence-corrected chi connectivity index (χ3v) is 4.52. The van der Waals surface area contributed by atoms with Gasteiger partial charge in [0.05, 0.1) is 5.69 Å². The number of allylic oxidation sites excluding steroid dienone is 1. The molecule has 1 N–H and O–H groups in total. The molecule has 0 aliphatic carbocycles. The molecule has 0 spiro atoms. The zero-order valence-electron chi connectivity index (χ0n) is 13.9. The van der Waals surface area contributed by atoms with E-state index in [1.165, 1.54) is 30.4 Å². The van der Waals surface area contributed by atoms with Gasteiger partial charge in [-0.25, -0.2) is 9.37 Å². The monoisotopic (exact) mass is 363 g/mol. The number of nitrogens with zero attached hydrogens (tertiary/aromatic N) is 2. The molecule has 0 amide bonds. The number of nitrogens with one attached hydrogen (secondary N) is 1. The lowest BCUT2D eigenvalue weighted by Gasteiger charge is -2.03. The average Bonchev–Trinajstić information content (AvgIpc) is 3.13. The molecule has 128 valence electrons. The first kappa shape index (κ1) is 17.5. The van der Waals surface area contributed by atoms with Crippen LogP contribution < -0.4 is 5.32 Å². The Labute approximate surface area is 154 Å². The minimum Gasteiger partial charge on any atom is -0.360 e. The number of Topliss-reactive ketones (excluding diaryl/α,β-unsaturated/α-hetero) is 1. The van der Waals surface area contributed by atoms with Gasteiger partial charge in [0.15, 0.2) is 5.78 Å². The third kappa shape index (κ3) is 4.02. The molecule has 6 heteroatoms. The molecular formula is C20H14FN3OS. The van der Waals surface area contributed by atoms with Gasteiger partial charge >= 0.3 is 0 Å². The number of carbonyl (C=O) groups excluding carboxylic acids is 1. The highest BCUT2D eigenvalue weighted by Crippen LogP contribution is 2.26.